The zero-order chi connectivity index (χ0) is 19.7. The number of carbonyl (C=O) groups excluding carboxylic acids is 1. The van der Waals surface area contributed by atoms with Crippen molar-refractivity contribution in [3.63, 3.8) is 0 Å². The Balaban J connectivity index is 1.69. The molecule has 2 N–H and O–H groups in total. The Morgan fingerprint density at radius 2 is 1.89 bits per heavy atom. The first-order valence-corrected chi connectivity index (χ1v) is 10.3. The average molecular weight is 432 g/mol. The second-order valence-corrected chi connectivity index (χ2v) is 8.19. The van der Waals surface area contributed by atoms with E-state index in [1.807, 2.05) is 30.3 Å². The number of H-pyrrole nitrogens is 1. The second-order valence-electron chi connectivity index (χ2n) is 6.38. The summed E-state index contributed by atoms with van der Waals surface area (Å²) in [5, 5.41) is 4.08. The highest BCUT2D eigenvalue weighted by Crippen LogP contribution is 2.38. The topological polar surface area (TPSA) is 74.8 Å². The molecule has 1 aromatic heterocycles. The minimum atomic E-state index is -0.474. The number of halogens is 2. The van der Waals surface area contributed by atoms with Gasteiger partial charge < -0.3 is 10.3 Å². The molecule has 1 unspecified atom stereocenters. The third kappa shape index (κ3) is 3.94. The summed E-state index contributed by atoms with van der Waals surface area (Å²) >= 11 is 13.7. The molecule has 1 aliphatic rings. The lowest BCUT2D eigenvalue weighted by Crippen LogP contribution is -2.31. The van der Waals surface area contributed by atoms with E-state index < -0.39 is 5.92 Å². The van der Waals surface area contributed by atoms with Crippen LogP contribution in [0, 0.1) is 0 Å². The van der Waals surface area contributed by atoms with E-state index in [-0.39, 0.29) is 23.7 Å². The summed E-state index contributed by atoms with van der Waals surface area (Å²) in [4.78, 5) is 32.4. The Kier molecular flexibility index (Phi) is 5.44. The number of nitrogens with one attached hydrogen (secondary N) is 2. The van der Waals surface area contributed by atoms with E-state index >= 15 is 0 Å². The van der Waals surface area contributed by atoms with Gasteiger partial charge in [0.25, 0.3) is 5.56 Å². The molecule has 0 spiro atoms. The summed E-state index contributed by atoms with van der Waals surface area (Å²) in [5.74, 6) is 0.258. The molecule has 3 aromatic rings. The maximum Gasteiger partial charge on any atom is 0.257 e. The molecule has 8 heteroatoms. The van der Waals surface area contributed by atoms with Crippen molar-refractivity contribution in [2.24, 2.45) is 0 Å². The van der Waals surface area contributed by atoms with Gasteiger partial charge in [0, 0.05) is 28.1 Å². The predicted molar refractivity (Wildman–Crippen MR) is 112 cm³/mol. The van der Waals surface area contributed by atoms with Crippen LogP contribution in [-0.4, -0.2) is 15.9 Å². The number of benzene rings is 2. The highest BCUT2D eigenvalue weighted by atomic mass is 35.5. The lowest BCUT2D eigenvalue weighted by atomic mass is 9.87. The van der Waals surface area contributed by atoms with E-state index in [1.165, 1.54) is 11.8 Å². The highest BCUT2D eigenvalue weighted by molar-refractivity contribution is 7.98. The summed E-state index contributed by atoms with van der Waals surface area (Å²) in [5.41, 5.74) is 1.92. The molecule has 1 aliphatic heterocycles. The predicted octanol–water partition coefficient (Wildman–Crippen LogP) is 4.84. The number of fused-ring (bicyclic) bond motifs is 1. The van der Waals surface area contributed by atoms with Crippen LogP contribution in [0.3, 0.4) is 0 Å². The van der Waals surface area contributed by atoms with Crippen LogP contribution in [0.1, 0.15) is 29.0 Å². The van der Waals surface area contributed by atoms with Gasteiger partial charge in [-0.3, -0.25) is 9.59 Å². The minimum absolute atomic E-state index is 0.121. The summed E-state index contributed by atoms with van der Waals surface area (Å²) in [6, 6.07) is 14.9. The number of aromatic amines is 1. The van der Waals surface area contributed by atoms with Gasteiger partial charge in [-0.2, -0.15) is 0 Å². The molecule has 2 heterocycles. The number of thioether (sulfide) groups is 1. The van der Waals surface area contributed by atoms with Crippen molar-refractivity contribution in [2.45, 2.75) is 23.2 Å². The van der Waals surface area contributed by atoms with Gasteiger partial charge in [0.15, 0.2) is 5.16 Å². The number of anilines is 1. The number of hydrogen-bond donors (Lipinski definition) is 2. The molecule has 0 saturated carbocycles. The van der Waals surface area contributed by atoms with Gasteiger partial charge in [0.1, 0.15) is 5.82 Å². The Morgan fingerprint density at radius 1 is 1.11 bits per heavy atom. The molecule has 0 fully saturated rings. The molecular weight excluding hydrogens is 417 g/mol. The Morgan fingerprint density at radius 3 is 2.64 bits per heavy atom. The molecule has 0 bridgehead atoms. The summed E-state index contributed by atoms with van der Waals surface area (Å²) in [6.07, 6.45) is 0.121. The van der Waals surface area contributed by atoms with Gasteiger partial charge >= 0.3 is 0 Å². The van der Waals surface area contributed by atoms with E-state index in [4.69, 9.17) is 23.2 Å². The smallest absolute Gasteiger partial charge is 0.257 e. The van der Waals surface area contributed by atoms with Crippen molar-refractivity contribution < 1.29 is 4.79 Å². The van der Waals surface area contributed by atoms with E-state index in [0.29, 0.717) is 32.1 Å². The summed E-state index contributed by atoms with van der Waals surface area (Å²) in [7, 11) is 0. The zero-order valence-corrected chi connectivity index (χ0v) is 16.9. The van der Waals surface area contributed by atoms with Crippen molar-refractivity contribution >= 4 is 46.7 Å². The van der Waals surface area contributed by atoms with Crippen LogP contribution in [0.2, 0.25) is 10.0 Å². The SMILES string of the molecule is O=C1CC(c2ccc(Cl)cc2Cl)c2c(nc(SCc3ccccc3)[nH]c2=O)N1. The fourth-order valence-electron chi connectivity index (χ4n) is 3.19. The Labute approximate surface area is 175 Å². The molecule has 0 aliphatic carbocycles. The quantitative estimate of drug-likeness (QED) is 0.457. The molecule has 5 nitrogen and oxygen atoms in total. The van der Waals surface area contributed by atoms with E-state index in [1.54, 1.807) is 18.2 Å². The molecule has 1 amide bonds. The molecule has 1 atom stereocenters. The number of nitrogens with zero attached hydrogens (tertiary/aromatic N) is 1. The van der Waals surface area contributed by atoms with Crippen LogP contribution < -0.4 is 10.9 Å². The lowest BCUT2D eigenvalue weighted by Gasteiger charge is -2.25. The second kappa shape index (κ2) is 7.99. The standard InChI is InChI=1S/C20H15Cl2N3O2S/c21-12-6-7-13(15(22)8-12)14-9-16(26)23-18-17(14)19(27)25-20(24-18)28-10-11-4-2-1-3-5-11/h1-8,14H,9-10H2,(H2,23,24,25,26,27). The van der Waals surface area contributed by atoms with E-state index in [0.717, 1.165) is 5.56 Å². The van der Waals surface area contributed by atoms with E-state index in [9.17, 15) is 9.59 Å². The largest absolute Gasteiger partial charge is 0.310 e. The fourth-order valence-corrected chi connectivity index (χ4v) is 4.55. The van der Waals surface area contributed by atoms with Crippen molar-refractivity contribution in [1.29, 1.82) is 0 Å². The van der Waals surface area contributed by atoms with Crippen LogP contribution in [-0.2, 0) is 10.5 Å². The number of rotatable bonds is 4. The molecule has 2 aromatic carbocycles. The first-order chi connectivity index (χ1) is 13.5. The Bertz CT molecular complexity index is 1100. The zero-order valence-electron chi connectivity index (χ0n) is 14.5. The molecule has 4 rings (SSSR count). The van der Waals surface area contributed by atoms with Gasteiger partial charge in [0.05, 0.1) is 5.56 Å². The average Bonchev–Trinajstić information content (AvgIpc) is 2.66. The molecule has 28 heavy (non-hydrogen) atoms. The molecular formula is C20H15Cl2N3O2S. The molecule has 0 saturated heterocycles. The van der Waals surface area contributed by atoms with Gasteiger partial charge in [-0.1, -0.05) is 71.4 Å². The van der Waals surface area contributed by atoms with Crippen molar-refractivity contribution in [2.75, 3.05) is 5.32 Å². The van der Waals surface area contributed by atoms with Gasteiger partial charge in [0.2, 0.25) is 5.91 Å². The highest BCUT2D eigenvalue weighted by Gasteiger charge is 2.32. The van der Waals surface area contributed by atoms with Crippen molar-refractivity contribution in [1.82, 2.24) is 9.97 Å². The lowest BCUT2D eigenvalue weighted by molar-refractivity contribution is -0.116. The first-order valence-electron chi connectivity index (χ1n) is 8.57. The molecule has 0 radical (unpaired) electrons. The van der Waals surface area contributed by atoms with Gasteiger partial charge in [-0.05, 0) is 23.3 Å². The number of hydrogen-bond acceptors (Lipinski definition) is 4. The fraction of sp³-hybridized carbons (Fsp3) is 0.150. The van der Waals surface area contributed by atoms with E-state index in [2.05, 4.69) is 15.3 Å². The number of carbonyl (C=O) groups is 1. The third-order valence-corrected chi connectivity index (χ3v) is 5.99. The van der Waals surface area contributed by atoms with Crippen LogP contribution in [0.15, 0.2) is 58.5 Å². The van der Waals surface area contributed by atoms with Crippen molar-refractivity contribution in [3.8, 4) is 0 Å². The summed E-state index contributed by atoms with van der Waals surface area (Å²) < 4.78 is 0. The van der Waals surface area contributed by atoms with Crippen LogP contribution in [0.25, 0.3) is 0 Å². The number of amides is 1. The first kappa shape index (κ1) is 19.1. The Hall–Kier alpha value is -2.28. The maximum absolute atomic E-state index is 12.8. The normalized spacial score (nSPS) is 15.8. The van der Waals surface area contributed by atoms with Crippen LogP contribution >= 0.6 is 35.0 Å². The number of aromatic nitrogens is 2. The van der Waals surface area contributed by atoms with Crippen LogP contribution in [0.5, 0.6) is 0 Å². The third-order valence-electron chi connectivity index (χ3n) is 4.49. The minimum Gasteiger partial charge on any atom is -0.310 e. The monoisotopic (exact) mass is 431 g/mol. The molecule has 142 valence electrons. The van der Waals surface area contributed by atoms with Crippen molar-refractivity contribution in [3.05, 3.63) is 85.6 Å². The van der Waals surface area contributed by atoms with Gasteiger partial charge in [-0.15, -0.1) is 0 Å². The summed E-state index contributed by atoms with van der Waals surface area (Å²) in [6.45, 7) is 0. The van der Waals surface area contributed by atoms with Crippen LogP contribution in [0.4, 0.5) is 5.82 Å². The van der Waals surface area contributed by atoms with Gasteiger partial charge in [-0.25, -0.2) is 4.98 Å². The maximum atomic E-state index is 12.8.